The Bertz CT molecular complexity index is 593. The lowest BCUT2D eigenvalue weighted by molar-refractivity contribution is 0.0600. The lowest BCUT2D eigenvalue weighted by Crippen LogP contribution is -2.33. The second-order valence-electron chi connectivity index (χ2n) is 4.65. The SMILES string of the molecule is CCCN(CCC)S(=O)(=O)c1ccc(C(=O)OC)cc1N. The summed E-state index contributed by atoms with van der Waals surface area (Å²) in [5.41, 5.74) is 6.10. The van der Waals surface area contributed by atoms with Crippen LogP contribution in [0.5, 0.6) is 0 Å². The molecule has 0 saturated carbocycles. The number of anilines is 1. The molecule has 0 spiro atoms. The largest absolute Gasteiger partial charge is 0.465 e. The topological polar surface area (TPSA) is 89.7 Å². The summed E-state index contributed by atoms with van der Waals surface area (Å²) < 4.78 is 31.2. The molecule has 0 radical (unpaired) electrons. The van der Waals surface area contributed by atoms with Gasteiger partial charge in [0.1, 0.15) is 4.90 Å². The number of carbonyl (C=O) groups excluding carboxylic acids is 1. The van der Waals surface area contributed by atoms with Gasteiger partial charge in [0.2, 0.25) is 10.0 Å². The maximum absolute atomic E-state index is 12.6. The summed E-state index contributed by atoms with van der Waals surface area (Å²) in [5, 5.41) is 0. The van der Waals surface area contributed by atoms with Crippen LogP contribution >= 0.6 is 0 Å². The van der Waals surface area contributed by atoms with E-state index in [1.807, 2.05) is 13.8 Å². The standard InChI is InChI=1S/C14H22N2O4S/c1-4-8-16(9-5-2)21(18,19)13-7-6-11(10-12(13)15)14(17)20-3/h6-7,10H,4-5,8-9,15H2,1-3H3. The zero-order valence-electron chi connectivity index (χ0n) is 12.6. The van der Waals surface area contributed by atoms with Crippen LogP contribution < -0.4 is 5.73 Å². The lowest BCUT2D eigenvalue weighted by atomic mass is 10.2. The van der Waals surface area contributed by atoms with E-state index in [1.54, 1.807) is 0 Å². The number of ether oxygens (including phenoxy) is 1. The third-order valence-electron chi connectivity index (χ3n) is 2.99. The number of nitrogens with zero attached hydrogens (tertiary/aromatic N) is 1. The number of esters is 1. The number of benzene rings is 1. The van der Waals surface area contributed by atoms with Gasteiger partial charge in [-0.3, -0.25) is 0 Å². The summed E-state index contributed by atoms with van der Waals surface area (Å²) in [6.45, 7) is 4.71. The molecule has 0 aliphatic rings. The fraction of sp³-hybridized carbons (Fsp3) is 0.500. The molecule has 0 aliphatic heterocycles. The van der Waals surface area contributed by atoms with E-state index < -0.39 is 16.0 Å². The van der Waals surface area contributed by atoms with E-state index in [4.69, 9.17) is 5.73 Å². The Morgan fingerprint density at radius 2 is 1.81 bits per heavy atom. The van der Waals surface area contributed by atoms with E-state index in [9.17, 15) is 13.2 Å². The number of nitrogen functional groups attached to an aromatic ring is 1. The molecule has 7 heteroatoms. The van der Waals surface area contributed by atoms with Gasteiger partial charge in [-0.05, 0) is 31.0 Å². The Morgan fingerprint density at radius 3 is 2.24 bits per heavy atom. The number of methoxy groups -OCH3 is 1. The maximum atomic E-state index is 12.6. The number of rotatable bonds is 7. The van der Waals surface area contributed by atoms with E-state index in [-0.39, 0.29) is 16.1 Å². The minimum Gasteiger partial charge on any atom is -0.465 e. The molecular formula is C14H22N2O4S. The van der Waals surface area contributed by atoms with Crippen molar-refractivity contribution in [2.24, 2.45) is 0 Å². The van der Waals surface area contributed by atoms with Crippen molar-refractivity contribution in [2.75, 3.05) is 25.9 Å². The molecular weight excluding hydrogens is 292 g/mol. The third kappa shape index (κ3) is 3.95. The van der Waals surface area contributed by atoms with Gasteiger partial charge in [0.25, 0.3) is 0 Å². The first-order chi connectivity index (χ1) is 9.88. The average molecular weight is 314 g/mol. The minimum absolute atomic E-state index is 0.0250. The zero-order valence-corrected chi connectivity index (χ0v) is 13.4. The molecule has 0 heterocycles. The highest BCUT2D eigenvalue weighted by Crippen LogP contribution is 2.24. The molecule has 1 aromatic rings. The van der Waals surface area contributed by atoms with E-state index in [1.165, 1.54) is 29.6 Å². The van der Waals surface area contributed by atoms with Gasteiger partial charge < -0.3 is 10.5 Å². The summed E-state index contributed by atoms with van der Waals surface area (Å²) in [7, 11) is -2.39. The van der Waals surface area contributed by atoms with Gasteiger partial charge in [0, 0.05) is 13.1 Å². The molecule has 118 valence electrons. The first-order valence-corrected chi connectivity index (χ1v) is 8.30. The molecule has 21 heavy (non-hydrogen) atoms. The van der Waals surface area contributed by atoms with Crippen molar-refractivity contribution in [1.29, 1.82) is 0 Å². The second-order valence-corrected chi connectivity index (χ2v) is 6.55. The van der Waals surface area contributed by atoms with Gasteiger partial charge in [0.15, 0.2) is 0 Å². The summed E-state index contributed by atoms with van der Waals surface area (Å²) in [6, 6.07) is 4.09. The second kappa shape index (κ2) is 7.42. The van der Waals surface area contributed by atoms with Crippen molar-refractivity contribution in [3.05, 3.63) is 23.8 Å². The van der Waals surface area contributed by atoms with Crippen molar-refractivity contribution < 1.29 is 17.9 Å². The number of carbonyl (C=O) groups is 1. The van der Waals surface area contributed by atoms with E-state index in [0.29, 0.717) is 13.1 Å². The normalized spacial score (nSPS) is 11.6. The number of hydrogen-bond acceptors (Lipinski definition) is 5. The van der Waals surface area contributed by atoms with Crippen molar-refractivity contribution in [3.63, 3.8) is 0 Å². The van der Waals surface area contributed by atoms with Crippen molar-refractivity contribution in [3.8, 4) is 0 Å². The predicted octanol–water partition coefficient (Wildman–Crippen LogP) is 1.87. The van der Waals surface area contributed by atoms with Crippen LogP contribution in [0.4, 0.5) is 5.69 Å². The van der Waals surface area contributed by atoms with Crippen LogP contribution in [0.1, 0.15) is 37.0 Å². The first-order valence-electron chi connectivity index (χ1n) is 6.86. The van der Waals surface area contributed by atoms with E-state index in [0.717, 1.165) is 12.8 Å². The monoisotopic (exact) mass is 314 g/mol. The Morgan fingerprint density at radius 1 is 1.24 bits per heavy atom. The molecule has 0 unspecified atom stereocenters. The molecule has 0 aliphatic carbocycles. The van der Waals surface area contributed by atoms with E-state index in [2.05, 4.69) is 4.74 Å². The van der Waals surface area contributed by atoms with Crippen molar-refractivity contribution >= 4 is 21.7 Å². The lowest BCUT2D eigenvalue weighted by Gasteiger charge is -2.22. The molecule has 6 nitrogen and oxygen atoms in total. The van der Waals surface area contributed by atoms with Crippen LogP contribution in [-0.4, -0.2) is 38.9 Å². The zero-order chi connectivity index (χ0) is 16.0. The van der Waals surface area contributed by atoms with Gasteiger partial charge in [-0.2, -0.15) is 4.31 Å². The first kappa shape index (κ1) is 17.5. The average Bonchev–Trinajstić information content (AvgIpc) is 2.45. The quantitative estimate of drug-likeness (QED) is 0.613. The predicted molar refractivity (Wildman–Crippen MR) is 81.5 cm³/mol. The van der Waals surface area contributed by atoms with Gasteiger partial charge in [-0.25, -0.2) is 13.2 Å². The molecule has 0 saturated heterocycles. The molecule has 1 rings (SSSR count). The maximum Gasteiger partial charge on any atom is 0.337 e. The molecule has 0 amide bonds. The Balaban J connectivity index is 3.21. The molecule has 1 aromatic carbocycles. The smallest absolute Gasteiger partial charge is 0.337 e. The minimum atomic E-state index is -3.65. The molecule has 0 bridgehead atoms. The summed E-state index contributed by atoms with van der Waals surface area (Å²) in [6.07, 6.45) is 1.44. The Labute approximate surface area is 125 Å². The van der Waals surface area contributed by atoms with Gasteiger partial charge in [0.05, 0.1) is 18.4 Å². The highest BCUT2D eigenvalue weighted by molar-refractivity contribution is 7.89. The van der Waals surface area contributed by atoms with Crippen molar-refractivity contribution in [1.82, 2.24) is 4.31 Å². The highest BCUT2D eigenvalue weighted by Gasteiger charge is 2.25. The van der Waals surface area contributed by atoms with Gasteiger partial charge in [-0.1, -0.05) is 13.8 Å². The summed E-state index contributed by atoms with van der Waals surface area (Å²) in [5.74, 6) is -0.551. The fourth-order valence-corrected chi connectivity index (χ4v) is 3.74. The molecule has 0 fully saturated rings. The van der Waals surface area contributed by atoms with Crippen molar-refractivity contribution in [2.45, 2.75) is 31.6 Å². The summed E-state index contributed by atoms with van der Waals surface area (Å²) >= 11 is 0. The molecule has 2 N–H and O–H groups in total. The van der Waals surface area contributed by atoms with Gasteiger partial charge >= 0.3 is 5.97 Å². The summed E-state index contributed by atoms with van der Waals surface area (Å²) in [4.78, 5) is 11.5. The fourth-order valence-electron chi connectivity index (χ4n) is 2.02. The highest BCUT2D eigenvalue weighted by atomic mass is 32.2. The van der Waals surface area contributed by atoms with Gasteiger partial charge in [-0.15, -0.1) is 0 Å². The van der Waals surface area contributed by atoms with Crippen LogP contribution in [0.25, 0.3) is 0 Å². The third-order valence-corrected chi connectivity index (χ3v) is 4.97. The van der Waals surface area contributed by atoms with E-state index >= 15 is 0 Å². The molecule has 0 atom stereocenters. The van der Waals surface area contributed by atoms with Crippen LogP contribution in [0.2, 0.25) is 0 Å². The number of hydrogen-bond donors (Lipinski definition) is 1. The van der Waals surface area contributed by atoms with Crippen LogP contribution in [0.3, 0.4) is 0 Å². The number of nitrogens with two attached hydrogens (primary N) is 1. The van der Waals surface area contributed by atoms with Crippen LogP contribution in [-0.2, 0) is 14.8 Å². The van der Waals surface area contributed by atoms with Crippen LogP contribution in [0, 0.1) is 0 Å². The Hall–Kier alpha value is -1.60. The van der Waals surface area contributed by atoms with Crippen LogP contribution in [0.15, 0.2) is 23.1 Å². The molecule has 0 aromatic heterocycles. The Kier molecular flexibility index (Phi) is 6.17. The number of sulfonamides is 1.